The Labute approximate surface area is 173 Å². The third-order valence-electron chi connectivity index (χ3n) is 5.41. The number of benzene rings is 2. The van der Waals surface area contributed by atoms with E-state index in [1.54, 1.807) is 17.2 Å². The van der Waals surface area contributed by atoms with Gasteiger partial charge in [-0.2, -0.15) is 20.0 Å². The zero-order chi connectivity index (χ0) is 20.3. The highest BCUT2D eigenvalue weighted by Crippen LogP contribution is 2.29. The van der Waals surface area contributed by atoms with Crippen molar-refractivity contribution in [2.75, 3.05) is 11.4 Å². The van der Waals surface area contributed by atoms with Gasteiger partial charge in [0.1, 0.15) is 11.6 Å². The number of hydrogen-bond donors (Lipinski definition) is 1. The van der Waals surface area contributed by atoms with E-state index in [0.717, 1.165) is 36.0 Å². The van der Waals surface area contributed by atoms with Gasteiger partial charge in [-0.1, -0.05) is 42.5 Å². The molecule has 3 heterocycles. The molecule has 0 radical (unpaired) electrons. The fraction of sp³-hybridized carbons (Fsp3) is 0.273. The number of para-hydroxylation sites is 2. The predicted molar refractivity (Wildman–Crippen MR) is 112 cm³/mol. The van der Waals surface area contributed by atoms with Gasteiger partial charge >= 0.3 is 0 Å². The molecule has 4 aromatic rings. The van der Waals surface area contributed by atoms with Crippen LogP contribution in [-0.4, -0.2) is 38.5 Å². The SMILES string of the molecule is O=C(NC(Cn1nccn1)c1ccccc1)C1CCCN1c1nc2ccccc2o1. The number of aromatic nitrogens is 4. The Morgan fingerprint density at radius 3 is 2.67 bits per heavy atom. The number of nitrogens with one attached hydrogen (secondary N) is 1. The van der Waals surface area contributed by atoms with Gasteiger partial charge in [-0.05, 0) is 30.5 Å². The van der Waals surface area contributed by atoms with Crippen LogP contribution in [0.2, 0.25) is 0 Å². The summed E-state index contributed by atoms with van der Waals surface area (Å²) in [5, 5.41) is 11.6. The normalized spacial score (nSPS) is 17.3. The maximum Gasteiger partial charge on any atom is 0.299 e. The zero-order valence-corrected chi connectivity index (χ0v) is 16.4. The molecule has 0 spiro atoms. The second-order valence-corrected chi connectivity index (χ2v) is 7.37. The van der Waals surface area contributed by atoms with Gasteiger partial charge in [0.15, 0.2) is 5.58 Å². The first kappa shape index (κ1) is 18.4. The number of nitrogens with zero attached hydrogens (tertiary/aromatic N) is 5. The molecule has 8 heteroatoms. The number of fused-ring (bicyclic) bond motifs is 1. The number of carbonyl (C=O) groups excluding carboxylic acids is 1. The van der Waals surface area contributed by atoms with E-state index in [1.807, 2.05) is 59.5 Å². The summed E-state index contributed by atoms with van der Waals surface area (Å²) in [6.45, 7) is 1.19. The molecule has 0 saturated carbocycles. The molecular weight excluding hydrogens is 380 g/mol. The largest absolute Gasteiger partial charge is 0.423 e. The van der Waals surface area contributed by atoms with E-state index in [-0.39, 0.29) is 18.0 Å². The van der Waals surface area contributed by atoms with Crippen LogP contribution in [0.4, 0.5) is 6.01 Å². The minimum absolute atomic E-state index is 0.0456. The summed E-state index contributed by atoms with van der Waals surface area (Å²) in [7, 11) is 0. The van der Waals surface area contributed by atoms with Gasteiger partial charge in [0.25, 0.3) is 6.01 Å². The first-order valence-corrected chi connectivity index (χ1v) is 10.1. The Morgan fingerprint density at radius 1 is 1.10 bits per heavy atom. The lowest BCUT2D eigenvalue weighted by Gasteiger charge is -2.25. The van der Waals surface area contributed by atoms with Gasteiger partial charge in [0.05, 0.1) is 25.0 Å². The van der Waals surface area contributed by atoms with E-state index in [2.05, 4.69) is 20.5 Å². The van der Waals surface area contributed by atoms with Gasteiger partial charge in [-0.3, -0.25) is 4.79 Å². The van der Waals surface area contributed by atoms with E-state index in [4.69, 9.17) is 4.42 Å². The monoisotopic (exact) mass is 402 g/mol. The quantitative estimate of drug-likeness (QED) is 0.533. The van der Waals surface area contributed by atoms with Crippen molar-refractivity contribution in [1.82, 2.24) is 25.3 Å². The highest BCUT2D eigenvalue weighted by molar-refractivity contribution is 5.86. The van der Waals surface area contributed by atoms with Crippen molar-refractivity contribution in [3.05, 3.63) is 72.6 Å². The number of rotatable bonds is 6. The van der Waals surface area contributed by atoms with Crippen molar-refractivity contribution in [2.24, 2.45) is 0 Å². The average molecular weight is 402 g/mol. The number of hydrogen-bond acceptors (Lipinski definition) is 6. The van der Waals surface area contributed by atoms with E-state index in [0.29, 0.717) is 12.6 Å². The summed E-state index contributed by atoms with van der Waals surface area (Å²) in [5.74, 6) is -0.0456. The van der Waals surface area contributed by atoms with Crippen LogP contribution >= 0.6 is 0 Å². The van der Waals surface area contributed by atoms with Crippen LogP contribution in [0.15, 0.2) is 71.4 Å². The molecule has 1 aliphatic rings. The summed E-state index contributed by atoms with van der Waals surface area (Å²) >= 11 is 0. The van der Waals surface area contributed by atoms with Gasteiger partial charge in [0.2, 0.25) is 5.91 Å². The summed E-state index contributed by atoms with van der Waals surface area (Å²) in [6, 6.07) is 17.5. The molecular formula is C22H22N6O2. The zero-order valence-electron chi connectivity index (χ0n) is 16.4. The molecule has 2 aromatic carbocycles. The standard InChI is InChI=1S/C22H22N6O2/c29-21(25-18(15-28-23-12-13-24-28)16-7-2-1-3-8-16)19-10-6-14-27(19)22-26-17-9-4-5-11-20(17)30-22/h1-5,7-9,11-13,18-19H,6,10,14-15H2,(H,25,29). The Morgan fingerprint density at radius 2 is 1.87 bits per heavy atom. The third-order valence-corrected chi connectivity index (χ3v) is 5.41. The predicted octanol–water partition coefficient (Wildman–Crippen LogP) is 2.95. The van der Waals surface area contributed by atoms with Crippen LogP contribution in [0.25, 0.3) is 11.1 Å². The second-order valence-electron chi connectivity index (χ2n) is 7.37. The van der Waals surface area contributed by atoms with Crippen LogP contribution in [0.1, 0.15) is 24.4 Å². The first-order valence-electron chi connectivity index (χ1n) is 10.1. The molecule has 2 unspecified atom stereocenters. The van der Waals surface area contributed by atoms with E-state index < -0.39 is 0 Å². The highest BCUT2D eigenvalue weighted by Gasteiger charge is 2.35. The Hall–Kier alpha value is -3.68. The van der Waals surface area contributed by atoms with Crippen LogP contribution < -0.4 is 10.2 Å². The third kappa shape index (κ3) is 3.63. The molecule has 30 heavy (non-hydrogen) atoms. The van der Waals surface area contributed by atoms with Crippen molar-refractivity contribution in [3.8, 4) is 0 Å². The summed E-state index contributed by atoms with van der Waals surface area (Å²) in [5.41, 5.74) is 2.53. The molecule has 1 saturated heterocycles. The number of amides is 1. The highest BCUT2D eigenvalue weighted by atomic mass is 16.4. The maximum atomic E-state index is 13.3. The first-order chi connectivity index (χ1) is 14.8. The van der Waals surface area contributed by atoms with Crippen LogP contribution in [0, 0.1) is 0 Å². The van der Waals surface area contributed by atoms with Crippen LogP contribution in [0.5, 0.6) is 0 Å². The van der Waals surface area contributed by atoms with Crippen LogP contribution in [0.3, 0.4) is 0 Å². The topological polar surface area (TPSA) is 89.1 Å². The summed E-state index contributed by atoms with van der Waals surface area (Å²) in [6.07, 6.45) is 4.94. The Kier molecular flexibility index (Phi) is 4.88. The molecule has 152 valence electrons. The lowest BCUT2D eigenvalue weighted by molar-refractivity contribution is -0.123. The van der Waals surface area contributed by atoms with Gasteiger partial charge in [-0.25, -0.2) is 0 Å². The molecule has 8 nitrogen and oxygen atoms in total. The lowest BCUT2D eigenvalue weighted by atomic mass is 10.1. The van der Waals surface area contributed by atoms with Crippen molar-refractivity contribution < 1.29 is 9.21 Å². The molecule has 1 fully saturated rings. The minimum Gasteiger partial charge on any atom is -0.423 e. The molecule has 1 amide bonds. The summed E-state index contributed by atoms with van der Waals surface area (Å²) < 4.78 is 5.92. The Balaban J connectivity index is 1.37. The molecule has 2 aromatic heterocycles. The number of carbonyl (C=O) groups is 1. The molecule has 5 rings (SSSR count). The average Bonchev–Trinajstić information content (AvgIpc) is 3.53. The van der Waals surface area contributed by atoms with Gasteiger partial charge < -0.3 is 14.6 Å². The number of anilines is 1. The maximum absolute atomic E-state index is 13.3. The Bertz CT molecular complexity index is 1090. The summed E-state index contributed by atoms with van der Waals surface area (Å²) in [4.78, 5) is 21.4. The fourth-order valence-corrected chi connectivity index (χ4v) is 3.94. The lowest BCUT2D eigenvalue weighted by Crippen LogP contribution is -2.45. The molecule has 0 aliphatic carbocycles. The van der Waals surface area contributed by atoms with E-state index in [1.165, 1.54) is 0 Å². The minimum atomic E-state index is -0.324. The smallest absolute Gasteiger partial charge is 0.299 e. The van der Waals surface area contributed by atoms with Gasteiger partial charge in [0, 0.05) is 6.54 Å². The van der Waals surface area contributed by atoms with Crippen molar-refractivity contribution >= 4 is 23.0 Å². The molecule has 1 aliphatic heterocycles. The van der Waals surface area contributed by atoms with Crippen molar-refractivity contribution in [2.45, 2.75) is 31.5 Å². The van der Waals surface area contributed by atoms with Crippen LogP contribution in [-0.2, 0) is 11.3 Å². The molecule has 0 bridgehead atoms. The van der Waals surface area contributed by atoms with Crippen molar-refractivity contribution in [3.63, 3.8) is 0 Å². The molecule has 2 atom stereocenters. The van der Waals surface area contributed by atoms with E-state index >= 15 is 0 Å². The second kappa shape index (κ2) is 7.98. The fourth-order valence-electron chi connectivity index (χ4n) is 3.94. The molecule has 1 N–H and O–H groups in total. The number of oxazole rings is 1. The van der Waals surface area contributed by atoms with Crippen molar-refractivity contribution in [1.29, 1.82) is 0 Å². The van der Waals surface area contributed by atoms with E-state index in [9.17, 15) is 4.79 Å². The van der Waals surface area contributed by atoms with Gasteiger partial charge in [-0.15, -0.1) is 0 Å².